The third-order valence-electron chi connectivity index (χ3n) is 4.76. The van der Waals surface area contributed by atoms with E-state index in [1.807, 2.05) is 29.6 Å². The topological polar surface area (TPSA) is 74.6 Å². The lowest BCUT2D eigenvalue weighted by atomic mass is 10.1. The van der Waals surface area contributed by atoms with Gasteiger partial charge in [-0.25, -0.2) is 4.79 Å². The number of carbonyl (C=O) groups is 1. The highest BCUT2D eigenvalue weighted by atomic mass is 32.1. The van der Waals surface area contributed by atoms with Gasteiger partial charge in [-0.15, -0.1) is 11.3 Å². The van der Waals surface area contributed by atoms with Crippen LogP contribution in [-0.2, 0) is 0 Å². The van der Waals surface area contributed by atoms with Gasteiger partial charge in [-0.3, -0.25) is 4.79 Å². The number of hydrogen-bond donors (Lipinski definition) is 2. The fourth-order valence-electron chi connectivity index (χ4n) is 3.36. The molecule has 1 saturated heterocycles. The van der Waals surface area contributed by atoms with Gasteiger partial charge in [0.05, 0.1) is 0 Å². The quantitative estimate of drug-likeness (QED) is 0.709. The van der Waals surface area contributed by atoms with Crippen LogP contribution in [-0.4, -0.2) is 26.2 Å². The van der Waals surface area contributed by atoms with Crippen LogP contribution in [0.3, 0.4) is 0 Å². The molecule has 3 aromatic rings. The Morgan fingerprint density at radius 3 is 2.78 bits per heavy atom. The largest absolute Gasteiger partial charge is 0.439 e. The summed E-state index contributed by atoms with van der Waals surface area (Å²) in [6, 6.07) is 8.85. The predicted molar refractivity (Wildman–Crippen MR) is 110 cm³/mol. The maximum Gasteiger partial charge on any atom is 0.318 e. The summed E-state index contributed by atoms with van der Waals surface area (Å²) in [5.74, 6) is 0.645. The van der Waals surface area contributed by atoms with Crippen molar-refractivity contribution in [3.63, 3.8) is 0 Å². The first-order valence-electron chi connectivity index (χ1n) is 9.05. The van der Waals surface area contributed by atoms with Gasteiger partial charge in [0.25, 0.3) is 0 Å². The van der Waals surface area contributed by atoms with Crippen molar-refractivity contribution in [3.8, 4) is 11.1 Å². The molecule has 0 aliphatic carbocycles. The lowest BCUT2D eigenvalue weighted by Gasteiger charge is -2.26. The molecule has 0 spiro atoms. The third-order valence-corrected chi connectivity index (χ3v) is 5.73. The van der Waals surface area contributed by atoms with E-state index in [0.29, 0.717) is 21.9 Å². The lowest BCUT2D eigenvalue weighted by Crippen LogP contribution is -2.29. The van der Waals surface area contributed by atoms with E-state index in [4.69, 9.17) is 4.42 Å². The zero-order valence-corrected chi connectivity index (χ0v) is 15.9. The van der Waals surface area contributed by atoms with Gasteiger partial charge in [-0.2, -0.15) is 0 Å². The minimum Gasteiger partial charge on any atom is -0.439 e. The number of fused-ring (bicyclic) bond motifs is 1. The normalized spacial score (nSPS) is 14.3. The number of nitrogens with one attached hydrogen (secondary N) is 2. The van der Waals surface area contributed by atoms with E-state index in [-0.39, 0.29) is 11.5 Å². The number of carbonyl (C=O) groups excluding carboxylic acids is 1. The van der Waals surface area contributed by atoms with Crippen LogP contribution in [0.1, 0.15) is 19.3 Å². The summed E-state index contributed by atoms with van der Waals surface area (Å²) in [4.78, 5) is 26.3. The van der Waals surface area contributed by atoms with Crippen molar-refractivity contribution >= 4 is 39.2 Å². The highest BCUT2D eigenvalue weighted by molar-refractivity contribution is 7.17. The summed E-state index contributed by atoms with van der Waals surface area (Å²) >= 11 is 1.39. The highest BCUT2D eigenvalue weighted by Crippen LogP contribution is 2.35. The van der Waals surface area contributed by atoms with Crippen LogP contribution >= 0.6 is 11.3 Å². The second-order valence-electron chi connectivity index (χ2n) is 6.59. The average molecular weight is 383 g/mol. The van der Waals surface area contributed by atoms with Crippen molar-refractivity contribution in [2.45, 2.75) is 19.3 Å². The van der Waals surface area contributed by atoms with Crippen molar-refractivity contribution in [2.75, 3.05) is 30.4 Å². The molecule has 0 atom stereocenters. The van der Waals surface area contributed by atoms with Gasteiger partial charge in [0, 0.05) is 42.8 Å². The van der Waals surface area contributed by atoms with E-state index < -0.39 is 0 Å². The summed E-state index contributed by atoms with van der Waals surface area (Å²) in [5, 5.41) is 7.24. The van der Waals surface area contributed by atoms with Gasteiger partial charge in [0.1, 0.15) is 4.70 Å². The molecule has 0 unspecified atom stereocenters. The number of urea groups is 1. The first-order chi connectivity index (χ1) is 13.2. The molecule has 1 aliphatic heterocycles. The first kappa shape index (κ1) is 17.6. The molecule has 0 saturated carbocycles. The Kier molecular flexibility index (Phi) is 4.85. The second-order valence-corrected chi connectivity index (χ2v) is 7.47. The zero-order chi connectivity index (χ0) is 18.8. The summed E-state index contributed by atoms with van der Waals surface area (Å²) in [7, 11) is 1.57. The molecule has 6 nitrogen and oxygen atoms in total. The Balaban J connectivity index is 1.76. The van der Waals surface area contributed by atoms with E-state index in [9.17, 15) is 9.59 Å². The standard InChI is InChI=1S/C20H21N3O3S/c1-21-20(25)22-14-7-5-6-13(10-14)15-12-27-19-16(24)11-17(26-18(15)19)23-8-3-2-4-9-23/h5-7,10-12H,2-4,8-9H2,1H3,(H2,21,22,25). The maximum absolute atomic E-state index is 12.6. The molecule has 0 bridgehead atoms. The number of thiophene rings is 1. The molecule has 4 rings (SSSR count). The van der Waals surface area contributed by atoms with Crippen molar-refractivity contribution < 1.29 is 9.21 Å². The SMILES string of the molecule is CNC(=O)Nc1cccc(-c2csc3c(=O)cc(N4CCCCC4)oc23)c1. The molecular formula is C20H21N3O3S. The summed E-state index contributed by atoms with van der Waals surface area (Å²) in [6.07, 6.45) is 3.45. The van der Waals surface area contributed by atoms with Gasteiger partial charge in [-0.05, 0) is 37.0 Å². The van der Waals surface area contributed by atoms with Crippen LogP contribution in [0.5, 0.6) is 0 Å². The molecule has 7 heteroatoms. The molecule has 1 fully saturated rings. The molecule has 0 radical (unpaired) electrons. The van der Waals surface area contributed by atoms with Gasteiger partial charge < -0.3 is 20.0 Å². The Morgan fingerprint density at radius 1 is 1.19 bits per heavy atom. The van der Waals surface area contributed by atoms with Gasteiger partial charge in [0.15, 0.2) is 11.5 Å². The van der Waals surface area contributed by atoms with Crippen LogP contribution in [0.4, 0.5) is 16.4 Å². The molecule has 2 N–H and O–H groups in total. The van der Waals surface area contributed by atoms with Crippen LogP contribution < -0.4 is 21.0 Å². The molecule has 140 valence electrons. The number of benzene rings is 1. The summed E-state index contributed by atoms with van der Waals surface area (Å²) in [5.41, 5.74) is 3.05. The van der Waals surface area contributed by atoms with E-state index in [0.717, 1.165) is 37.1 Å². The van der Waals surface area contributed by atoms with Crippen LogP contribution in [0.25, 0.3) is 21.4 Å². The van der Waals surface area contributed by atoms with E-state index in [1.165, 1.54) is 17.8 Å². The van der Waals surface area contributed by atoms with E-state index in [1.54, 1.807) is 13.1 Å². The first-order valence-corrected chi connectivity index (χ1v) is 9.93. The Labute approximate surface area is 160 Å². The van der Waals surface area contributed by atoms with Crippen LogP contribution in [0.2, 0.25) is 0 Å². The fraction of sp³-hybridized carbons (Fsp3) is 0.300. The van der Waals surface area contributed by atoms with Crippen molar-refractivity contribution in [1.82, 2.24) is 5.32 Å². The molecular weight excluding hydrogens is 362 g/mol. The number of anilines is 2. The fourth-order valence-corrected chi connectivity index (χ4v) is 4.27. The number of piperidine rings is 1. The third kappa shape index (κ3) is 3.55. The Morgan fingerprint density at radius 2 is 2.00 bits per heavy atom. The average Bonchev–Trinajstić information content (AvgIpc) is 3.13. The molecule has 27 heavy (non-hydrogen) atoms. The zero-order valence-electron chi connectivity index (χ0n) is 15.1. The molecule has 3 heterocycles. The maximum atomic E-state index is 12.6. The second kappa shape index (κ2) is 7.44. The molecule has 1 aromatic carbocycles. The lowest BCUT2D eigenvalue weighted by molar-refractivity contribution is 0.254. The number of hydrogen-bond acceptors (Lipinski definition) is 5. The van der Waals surface area contributed by atoms with Crippen molar-refractivity contribution in [2.24, 2.45) is 0 Å². The van der Waals surface area contributed by atoms with Crippen molar-refractivity contribution in [3.05, 3.63) is 45.9 Å². The minimum absolute atomic E-state index is 0.00675. The van der Waals surface area contributed by atoms with Crippen LogP contribution in [0.15, 0.2) is 44.9 Å². The monoisotopic (exact) mass is 383 g/mol. The molecule has 1 aliphatic rings. The number of rotatable bonds is 3. The minimum atomic E-state index is -0.277. The van der Waals surface area contributed by atoms with E-state index >= 15 is 0 Å². The van der Waals surface area contributed by atoms with Gasteiger partial charge in [-0.1, -0.05) is 12.1 Å². The van der Waals surface area contributed by atoms with Gasteiger partial charge in [0.2, 0.25) is 5.43 Å². The predicted octanol–water partition coefficient (Wildman–Crippen LogP) is 4.26. The summed E-state index contributed by atoms with van der Waals surface area (Å²) in [6.45, 7) is 1.83. The summed E-state index contributed by atoms with van der Waals surface area (Å²) < 4.78 is 6.81. The van der Waals surface area contributed by atoms with Crippen LogP contribution in [0, 0.1) is 0 Å². The molecule has 2 amide bonds. The number of amides is 2. The number of nitrogens with zero attached hydrogens (tertiary/aromatic N) is 1. The van der Waals surface area contributed by atoms with Gasteiger partial charge >= 0.3 is 6.03 Å². The smallest absolute Gasteiger partial charge is 0.318 e. The highest BCUT2D eigenvalue weighted by Gasteiger charge is 2.18. The van der Waals surface area contributed by atoms with E-state index in [2.05, 4.69) is 15.5 Å². The van der Waals surface area contributed by atoms with Crippen molar-refractivity contribution in [1.29, 1.82) is 0 Å². The Hall–Kier alpha value is -2.80. The Bertz CT molecular complexity index is 1030. The molecule has 2 aromatic heterocycles.